The van der Waals surface area contributed by atoms with Crippen LogP contribution in [0.4, 0.5) is 30.8 Å². The number of nitrogens with two attached hydrogens (primary N) is 1. The van der Waals surface area contributed by atoms with Crippen LogP contribution in [-0.4, -0.2) is 44.8 Å². The van der Waals surface area contributed by atoms with Crippen LogP contribution in [0.1, 0.15) is 57.1 Å². The summed E-state index contributed by atoms with van der Waals surface area (Å²) in [6.45, 7) is 4.20. The summed E-state index contributed by atoms with van der Waals surface area (Å²) >= 11 is 0. The van der Waals surface area contributed by atoms with Gasteiger partial charge in [0.15, 0.2) is 5.65 Å². The van der Waals surface area contributed by atoms with E-state index in [1.165, 1.54) is 12.1 Å². The predicted molar refractivity (Wildman–Crippen MR) is 132 cm³/mol. The Morgan fingerprint density at radius 3 is 2.42 bits per heavy atom. The lowest BCUT2D eigenvalue weighted by Gasteiger charge is -2.34. The zero-order valence-corrected chi connectivity index (χ0v) is 20.3. The largest absolute Gasteiger partial charge is 0.416 e. The van der Waals surface area contributed by atoms with Gasteiger partial charge in [-0.2, -0.15) is 18.2 Å². The van der Waals surface area contributed by atoms with Crippen molar-refractivity contribution in [1.82, 2.24) is 19.5 Å². The van der Waals surface area contributed by atoms with Crippen LogP contribution < -0.4 is 16.4 Å². The van der Waals surface area contributed by atoms with Crippen molar-refractivity contribution in [2.45, 2.75) is 63.2 Å². The summed E-state index contributed by atoms with van der Waals surface area (Å²) in [6.07, 6.45) is 2.91. The molecule has 0 unspecified atom stereocenters. The van der Waals surface area contributed by atoms with Crippen LogP contribution in [0.25, 0.3) is 11.2 Å². The van der Waals surface area contributed by atoms with Gasteiger partial charge < -0.3 is 21.1 Å². The second-order valence-corrected chi connectivity index (χ2v) is 10.1. The van der Waals surface area contributed by atoms with Crippen LogP contribution >= 0.6 is 0 Å². The first-order chi connectivity index (χ1) is 17.2. The van der Waals surface area contributed by atoms with Gasteiger partial charge in [-0.1, -0.05) is 0 Å². The number of nitrogens with zero attached hydrogens (tertiary/aromatic N) is 4. The fourth-order valence-electron chi connectivity index (χ4n) is 5.11. The number of alkyl halides is 3. The summed E-state index contributed by atoms with van der Waals surface area (Å²) in [4.78, 5) is 14.1. The average molecular weight is 504 g/mol. The van der Waals surface area contributed by atoms with Gasteiger partial charge in [0.05, 0.1) is 11.8 Å². The number of benzene rings is 1. The van der Waals surface area contributed by atoms with Gasteiger partial charge in [-0.25, -0.2) is 9.97 Å². The number of aromatic nitrogens is 4. The molecule has 8 nitrogen and oxygen atoms in total. The minimum Gasteiger partial charge on any atom is -0.381 e. The molecule has 1 aromatic carbocycles. The highest BCUT2D eigenvalue weighted by atomic mass is 19.4. The van der Waals surface area contributed by atoms with E-state index in [4.69, 9.17) is 20.4 Å². The maximum atomic E-state index is 13.0. The predicted octanol–water partition coefficient (Wildman–Crippen LogP) is 5.26. The van der Waals surface area contributed by atoms with Crippen molar-refractivity contribution in [2.24, 2.45) is 11.7 Å². The molecule has 2 aliphatic rings. The molecular weight excluding hydrogens is 471 g/mol. The Labute approximate surface area is 207 Å². The van der Waals surface area contributed by atoms with Crippen molar-refractivity contribution in [3.05, 3.63) is 36.0 Å². The average Bonchev–Trinajstić information content (AvgIpc) is 3.21. The van der Waals surface area contributed by atoms with Crippen LogP contribution in [-0.2, 0) is 10.9 Å². The number of fused-ring (bicyclic) bond motifs is 1. The molecule has 1 aliphatic carbocycles. The summed E-state index contributed by atoms with van der Waals surface area (Å²) in [5.74, 6) is 1.58. The monoisotopic (exact) mass is 503 g/mol. The molecule has 1 saturated carbocycles. The first-order valence-corrected chi connectivity index (χ1v) is 12.5. The number of imidazole rings is 1. The number of nitrogens with one attached hydrogen (secondary N) is 2. The molecule has 0 atom stereocenters. The van der Waals surface area contributed by atoms with Crippen molar-refractivity contribution in [3.63, 3.8) is 0 Å². The zero-order chi connectivity index (χ0) is 25.3. The number of anilines is 3. The minimum absolute atomic E-state index is 0.149. The van der Waals surface area contributed by atoms with Crippen LogP contribution in [0.2, 0.25) is 0 Å². The van der Waals surface area contributed by atoms with E-state index < -0.39 is 11.7 Å². The fourth-order valence-corrected chi connectivity index (χ4v) is 5.11. The maximum Gasteiger partial charge on any atom is 0.416 e. The molecule has 1 aliphatic heterocycles. The van der Waals surface area contributed by atoms with Gasteiger partial charge in [-0.15, -0.1) is 0 Å². The maximum absolute atomic E-state index is 13.0. The fraction of sp³-hybridized carbons (Fsp3) is 0.560. The van der Waals surface area contributed by atoms with Gasteiger partial charge in [0.1, 0.15) is 5.52 Å². The van der Waals surface area contributed by atoms with E-state index in [2.05, 4.69) is 27.1 Å². The molecule has 5 rings (SSSR count). The minimum atomic E-state index is -4.38. The van der Waals surface area contributed by atoms with Gasteiger partial charge in [-0.05, 0) is 82.2 Å². The third kappa shape index (κ3) is 5.27. The molecular formula is C25H32F3N7O. The standard InChI is InChI=1S/C25H32F3N7O/c1-24(10-12-36-13-11-24)34-22-30-15-20-21(33-22)35(19-8-2-16(14-29)3-9-19)23(32-20)31-18-6-4-17(5-7-18)25(26,27)28/h4-7,15-16,19H,2-3,8-14,29H2,1H3,(H,31,32)(H,30,33,34)/t16-,19+. The van der Waals surface area contributed by atoms with Crippen molar-refractivity contribution < 1.29 is 17.9 Å². The van der Waals surface area contributed by atoms with Gasteiger partial charge >= 0.3 is 6.18 Å². The lowest BCUT2D eigenvalue weighted by atomic mass is 9.86. The first-order valence-electron chi connectivity index (χ1n) is 12.5. The second kappa shape index (κ2) is 9.85. The lowest BCUT2D eigenvalue weighted by Crippen LogP contribution is -2.41. The van der Waals surface area contributed by atoms with E-state index in [1.807, 2.05) is 0 Å². The van der Waals surface area contributed by atoms with E-state index in [0.717, 1.165) is 50.7 Å². The molecule has 11 heteroatoms. The van der Waals surface area contributed by atoms with Gasteiger partial charge in [0, 0.05) is 30.5 Å². The van der Waals surface area contributed by atoms with E-state index >= 15 is 0 Å². The second-order valence-electron chi connectivity index (χ2n) is 10.1. The number of hydrogen-bond donors (Lipinski definition) is 3. The Kier molecular flexibility index (Phi) is 6.78. The number of halogens is 3. The van der Waals surface area contributed by atoms with Gasteiger partial charge in [-0.3, -0.25) is 4.57 Å². The van der Waals surface area contributed by atoms with E-state index in [1.54, 1.807) is 6.20 Å². The van der Waals surface area contributed by atoms with Crippen LogP contribution in [0, 0.1) is 5.92 Å². The van der Waals surface area contributed by atoms with E-state index in [0.29, 0.717) is 54.4 Å². The SMILES string of the molecule is CC1(Nc2ncc3nc(Nc4ccc(C(F)(F)F)cc4)n([C@H]4CC[C@@H](CN)CC4)c3n2)CCOCC1. The Hall–Kier alpha value is -2.92. The molecule has 0 radical (unpaired) electrons. The van der Waals surface area contributed by atoms with Crippen LogP contribution in [0.15, 0.2) is 30.5 Å². The lowest BCUT2D eigenvalue weighted by molar-refractivity contribution is -0.137. The Morgan fingerprint density at radius 1 is 1.08 bits per heavy atom. The summed E-state index contributed by atoms with van der Waals surface area (Å²) in [5.41, 5.74) is 6.92. The Bertz CT molecular complexity index is 1180. The molecule has 4 N–H and O–H groups in total. The molecule has 0 bridgehead atoms. The molecule has 36 heavy (non-hydrogen) atoms. The molecule has 0 amide bonds. The highest BCUT2D eigenvalue weighted by Gasteiger charge is 2.31. The molecule has 194 valence electrons. The smallest absolute Gasteiger partial charge is 0.381 e. The molecule has 1 saturated heterocycles. The van der Waals surface area contributed by atoms with Crippen molar-refractivity contribution in [3.8, 4) is 0 Å². The summed E-state index contributed by atoms with van der Waals surface area (Å²) in [5, 5.41) is 6.71. The third-order valence-corrected chi connectivity index (χ3v) is 7.43. The molecule has 3 heterocycles. The van der Waals surface area contributed by atoms with Crippen molar-refractivity contribution in [2.75, 3.05) is 30.4 Å². The quantitative estimate of drug-likeness (QED) is 0.422. The zero-order valence-electron chi connectivity index (χ0n) is 20.3. The first kappa shape index (κ1) is 24.8. The van der Waals surface area contributed by atoms with E-state index in [-0.39, 0.29) is 11.6 Å². The van der Waals surface area contributed by atoms with E-state index in [9.17, 15) is 13.2 Å². The number of ether oxygens (including phenoxy) is 1. The molecule has 2 aromatic heterocycles. The Morgan fingerprint density at radius 2 is 1.78 bits per heavy atom. The summed E-state index contributed by atoms with van der Waals surface area (Å²) in [6, 6.07) is 5.12. The summed E-state index contributed by atoms with van der Waals surface area (Å²) in [7, 11) is 0. The topological polar surface area (TPSA) is 103 Å². The summed E-state index contributed by atoms with van der Waals surface area (Å²) < 4.78 is 46.6. The van der Waals surface area contributed by atoms with Crippen molar-refractivity contribution >= 4 is 28.7 Å². The molecule has 3 aromatic rings. The highest BCUT2D eigenvalue weighted by Crippen LogP contribution is 2.37. The number of hydrogen-bond acceptors (Lipinski definition) is 7. The number of rotatable bonds is 6. The van der Waals surface area contributed by atoms with Gasteiger partial charge in [0.2, 0.25) is 11.9 Å². The van der Waals surface area contributed by atoms with Gasteiger partial charge in [0.25, 0.3) is 0 Å². The molecule has 2 fully saturated rings. The Balaban J connectivity index is 1.48. The highest BCUT2D eigenvalue weighted by molar-refractivity contribution is 5.76. The van der Waals surface area contributed by atoms with Crippen LogP contribution in [0.3, 0.4) is 0 Å². The van der Waals surface area contributed by atoms with Crippen LogP contribution in [0.5, 0.6) is 0 Å². The van der Waals surface area contributed by atoms with Crippen molar-refractivity contribution in [1.29, 1.82) is 0 Å². The molecule has 0 spiro atoms. The third-order valence-electron chi connectivity index (χ3n) is 7.43. The normalized spacial score (nSPS) is 22.5.